The molecule has 3 rings (SSSR count). The number of carbonyl (C=O) groups excluding carboxylic acids is 1. The van der Waals surface area contributed by atoms with Gasteiger partial charge in [0.05, 0.1) is 24.0 Å². The zero-order chi connectivity index (χ0) is 13.2. The third kappa shape index (κ3) is 2.37. The Bertz CT molecular complexity index is 561. The Morgan fingerprint density at radius 3 is 3.05 bits per heavy atom. The van der Waals surface area contributed by atoms with E-state index in [4.69, 9.17) is 0 Å². The van der Waals surface area contributed by atoms with Crippen LogP contribution in [0, 0.1) is 5.92 Å². The number of carbonyl (C=O) groups is 1. The zero-order valence-corrected chi connectivity index (χ0v) is 10.6. The first-order valence-corrected chi connectivity index (χ1v) is 6.23. The Labute approximate surface area is 110 Å². The van der Waals surface area contributed by atoms with Gasteiger partial charge in [0, 0.05) is 38.4 Å². The van der Waals surface area contributed by atoms with Gasteiger partial charge in [-0.25, -0.2) is 0 Å². The summed E-state index contributed by atoms with van der Waals surface area (Å²) in [7, 11) is 1.88. The average molecular weight is 260 g/mol. The van der Waals surface area contributed by atoms with Crippen LogP contribution in [0.25, 0.3) is 0 Å². The fourth-order valence-electron chi connectivity index (χ4n) is 2.49. The predicted molar refractivity (Wildman–Crippen MR) is 69.5 cm³/mol. The van der Waals surface area contributed by atoms with Crippen LogP contribution >= 0.6 is 0 Å². The van der Waals surface area contributed by atoms with E-state index < -0.39 is 0 Å². The highest BCUT2D eigenvalue weighted by molar-refractivity contribution is 5.93. The van der Waals surface area contributed by atoms with E-state index in [1.165, 1.54) is 0 Å². The SMILES string of the molecule is Cn1cc([C@H]2CNC[C@@H]2C(=O)Nc2cn[nH]c2)cn1. The third-order valence-electron chi connectivity index (χ3n) is 3.47. The molecule has 2 atom stereocenters. The van der Waals surface area contributed by atoms with Crippen LogP contribution in [0.15, 0.2) is 24.8 Å². The van der Waals surface area contributed by atoms with Crippen molar-refractivity contribution in [2.24, 2.45) is 13.0 Å². The van der Waals surface area contributed by atoms with Crippen LogP contribution in [0.4, 0.5) is 5.69 Å². The predicted octanol–water partition coefficient (Wildman–Crippen LogP) is 0.0849. The minimum atomic E-state index is -0.0842. The largest absolute Gasteiger partial charge is 0.323 e. The summed E-state index contributed by atoms with van der Waals surface area (Å²) < 4.78 is 1.76. The minimum absolute atomic E-state index is 0.0141. The van der Waals surface area contributed by atoms with Crippen LogP contribution in [0.2, 0.25) is 0 Å². The number of H-pyrrole nitrogens is 1. The van der Waals surface area contributed by atoms with Crippen molar-refractivity contribution in [3.63, 3.8) is 0 Å². The van der Waals surface area contributed by atoms with Gasteiger partial charge in [0.1, 0.15) is 0 Å². The summed E-state index contributed by atoms with van der Waals surface area (Å²) >= 11 is 0. The molecule has 1 amide bonds. The van der Waals surface area contributed by atoms with E-state index in [-0.39, 0.29) is 17.7 Å². The van der Waals surface area contributed by atoms with E-state index >= 15 is 0 Å². The van der Waals surface area contributed by atoms with Gasteiger partial charge in [0.2, 0.25) is 5.91 Å². The van der Waals surface area contributed by atoms with Crippen molar-refractivity contribution in [2.45, 2.75) is 5.92 Å². The third-order valence-corrected chi connectivity index (χ3v) is 3.47. The van der Waals surface area contributed by atoms with Gasteiger partial charge in [-0.1, -0.05) is 0 Å². The summed E-state index contributed by atoms with van der Waals surface area (Å²) in [5, 5.41) is 16.8. The molecule has 2 aromatic rings. The second kappa shape index (κ2) is 4.85. The Balaban J connectivity index is 1.74. The summed E-state index contributed by atoms with van der Waals surface area (Å²) in [4.78, 5) is 12.3. The van der Waals surface area contributed by atoms with E-state index in [9.17, 15) is 4.79 Å². The summed E-state index contributed by atoms with van der Waals surface area (Å²) in [5.41, 5.74) is 1.79. The molecule has 0 aromatic carbocycles. The van der Waals surface area contributed by atoms with Gasteiger partial charge in [-0.3, -0.25) is 14.6 Å². The molecule has 1 aliphatic rings. The van der Waals surface area contributed by atoms with E-state index in [0.717, 1.165) is 12.1 Å². The van der Waals surface area contributed by atoms with Gasteiger partial charge in [0.15, 0.2) is 0 Å². The quantitative estimate of drug-likeness (QED) is 0.729. The van der Waals surface area contributed by atoms with Gasteiger partial charge in [-0.05, 0) is 5.56 Å². The number of rotatable bonds is 3. The molecule has 7 nitrogen and oxygen atoms in total. The standard InChI is InChI=1S/C12H16N6O/c1-18-7-8(2-16-18)10-5-13-6-11(10)12(19)17-9-3-14-15-4-9/h2-4,7,10-11,13H,5-6H2,1H3,(H,14,15)(H,17,19)/t10-,11+/m1/s1. The number of aromatic nitrogens is 4. The summed E-state index contributed by atoms with van der Waals surface area (Å²) in [6, 6.07) is 0. The fraction of sp³-hybridized carbons (Fsp3) is 0.417. The van der Waals surface area contributed by atoms with Crippen LogP contribution in [-0.2, 0) is 11.8 Å². The van der Waals surface area contributed by atoms with Crippen molar-refractivity contribution in [3.8, 4) is 0 Å². The maximum atomic E-state index is 12.3. The van der Waals surface area contributed by atoms with Gasteiger partial charge < -0.3 is 10.6 Å². The number of aryl methyl sites for hydroxylation is 1. The van der Waals surface area contributed by atoms with Crippen molar-refractivity contribution < 1.29 is 4.79 Å². The van der Waals surface area contributed by atoms with Crippen LogP contribution in [-0.4, -0.2) is 39.0 Å². The van der Waals surface area contributed by atoms with Crippen molar-refractivity contribution in [2.75, 3.05) is 18.4 Å². The highest BCUT2D eigenvalue weighted by Gasteiger charge is 2.34. The first kappa shape index (κ1) is 11.9. The molecule has 0 aliphatic carbocycles. The number of nitrogens with zero attached hydrogens (tertiary/aromatic N) is 3. The molecular weight excluding hydrogens is 244 g/mol. The maximum Gasteiger partial charge on any atom is 0.229 e. The van der Waals surface area contributed by atoms with Crippen molar-refractivity contribution in [3.05, 3.63) is 30.4 Å². The van der Waals surface area contributed by atoms with Crippen LogP contribution in [0.5, 0.6) is 0 Å². The summed E-state index contributed by atoms with van der Waals surface area (Å²) in [6.45, 7) is 1.48. The van der Waals surface area contributed by atoms with E-state index in [1.54, 1.807) is 17.1 Å². The molecule has 1 saturated heterocycles. The molecule has 0 unspecified atom stereocenters. The zero-order valence-electron chi connectivity index (χ0n) is 10.6. The average Bonchev–Trinajstić information content (AvgIpc) is 3.07. The number of amides is 1. The van der Waals surface area contributed by atoms with Gasteiger partial charge in [0.25, 0.3) is 0 Å². The van der Waals surface area contributed by atoms with Crippen LogP contribution in [0.1, 0.15) is 11.5 Å². The lowest BCUT2D eigenvalue weighted by Gasteiger charge is -2.16. The Morgan fingerprint density at radius 2 is 2.37 bits per heavy atom. The molecule has 7 heteroatoms. The Kier molecular flexibility index (Phi) is 3.04. The highest BCUT2D eigenvalue weighted by atomic mass is 16.2. The summed E-state index contributed by atoms with van der Waals surface area (Å²) in [6.07, 6.45) is 7.06. The molecule has 3 N–H and O–H groups in total. The molecular formula is C12H16N6O. The van der Waals surface area contributed by atoms with Crippen molar-refractivity contribution >= 4 is 11.6 Å². The van der Waals surface area contributed by atoms with Gasteiger partial charge >= 0.3 is 0 Å². The molecule has 2 aromatic heterocycles. The van der Waals surface area contributed by atoms with Crippen LogP contribution < -0.4 is 10.6 Å². The molecule has 19 heavy (non-hydrogen) atoms. The lowest BCUT2D eigenvalue weighted by Crippen LogP contribution is -2.27. The Morgan fingerprint density at radius 1 is 1.47 bits per heavy atom. The van der Waals surface area contributed by atoms with Crippen molar-refractivity contribution in [1.82, 2.24) is 25.3 Å². The number of nitrogens with one attached hydrogen (secondary N) is 3. The topological polar surface area (TPSA) is 87.6 Å². The Hall–Kier alpha value is -2.15. The summed E-state index contributed by atoms with van der Waals surface area (Å²) in [5.74, 6) is 0.0972. The number of hydrogen-bond acceptors (Lipinski definition) is 4. The molecule has 1 aliphatic heterocycles. The lowest BCUT2D eigenvalue weighted by molar-refractivity contribution is -0.119. The molecule has 3 heterocycles. The monoisotopic (exact) mass is 260 g/mol. The number of anilines is 1. The molecule has 100 valence electrons. The first-order chi connectivity index (χ1) is 9.24. The molecule has 1 fully saturated rings. The maximum absolute atomic E-state index is 12.3. The van der Waals surface area contributed by atoms with E-state index in [0.29, 0.717) is 12.2 Å². The second-order valence-electron chi connectivity index (χ2n) is 4.79. The molecule has 0 bridgehead atoms. The molecule has 0 radical (unpaired) electrons. The van der Waals surface area contributed by atoms with E-state index in [2.05, 4.69) is 25.9 Å². The lowest BCUT2D eigenvalue weighted by atomic mass is 9.90. The van der Waals surface area contributed by atoms with E-state index in [1.807, 2.05) is 19.4 Å². The van der Waals surface area contributed by atoms with Gasteiger partial charge in [-0.15, -0.1) is 0 Å². The first-order valence-electron chi connectivity index (χ1n) is 6.23. The number of aromatic amines is 1. The molecule has 0 saturated carbocycles. The minimum Gasteiger partial charge on any atom is -0.323 e. The van der Waals surface area contributed by atoms with Crippen molar-refractivity contribution in [1.29, 1.82) is 0 Å². The normalized spacial score (nSPS) is 22.6. The second-order valence-corrected chi connectivity index (χ2v) is 4.79. The molecule has 0 spiro atoms. The highest BCUT2D eigenvalue weighted by Crippen LogP contribution is 2.28. The smallest absolute Gasteiger partial charge is 0.229 e. The fourth-order valence-corrected chi connectivity index (χ4v) is 2.49. The van der Waals surface area contributed by atoms with Gasteiger partial charge in [-0.2, -0.15) is 10.2 Å². The number of hydrogen-bond donors (Lipinski definition) is 3. The van der Waals surface area contributed by atoms with Crippen LogP contribution in [0.3, 0.4) is 0 Å².